The van der Waals surface area contributed by atoms with Crippen molar-refractivity contribution in [2.24, 2.45) is 4.99 Å². The van der Waals surface area contributed by atoms with Crippen molar-refractivity contribution in [3.05, 3.63) is 39.7 Å². The first kappa shape index (κ1) is 23.9. The summed E-state index contributed by atoms with van der Waals surface area (Å²) in [5.74, 6) is 1.10. The SMILES string of the molecule is CN=C(NC1=C(C=O)CCC(c2c(C)c(Cl)cc3c2cnn3PI)C1)N1CC(N(C)C)C1. The summed E-state index contributed by atoms with van der Waals surface area (Å²) in [4.78, 5) is 20.8. The smallest absolute Gasteiger partial charge is 0.198 e. The van der Waals surface area contributed by atoms with Gasteiger partial charge in [0.1, 0.15) is 6.29 Å². The number of hydrogen-bond acceptors (Lipinski definition) is 4. The van der Waals surface area contributed by atoms with Crippen molar-refractivity contribution in [3.8, 4) is 0 Å². The molecule has 2 aromatic rings. The topological polar surface area (TPSA) is 65.8 Å². The van der Waals surface area contributed by atoms with Gasteiger partial charge in [-0.15, -0.1) is 0 Å². The van der Waals surface area contributed by atoms with E-state index in [0.29, 0.717) is 12.4 Å². The van der Waals surface area contributed by atoms with Crippen molar-refractivity contribution in [2.75, 3.05) is 34.2 Å². The Labute approximate surface area is 209 Å². The normalized spacial score (nSPS) is 20.7. The van der Waals surface area contributed by atoms with E-state index in [9.17, 15) is 4.79 Å². The van der Waals surface area contributed by atoms with E-state index >= 15 is 0 Å². The number of likely N-dealkylation sites (N-methyl/N-ethyl adjacent to an activating group) is 1. The second-order valence-electron chi connectivity index (χ2n) is 8.73. The van der Waals surface area contributed by atoms with E-state index in [1.807, 2.05) is 16.7 Å². The van der Waals surface area contributed by atoms with Crippen LogP contribution in [0.5, 0.6) is 0 Å². The number of nitrogens with zero attached hydrogens (tertiary/aromatic N) is 5. The van der Waals surface area contributed by atoms with Gasteiger partial charge in [-0.3, -0.25) is 9.79 Å². The molecule has 2 atom stereocenters. The maximum Gasteiger partial charge on any atom is 0.198 e. The van der Waals surface area contributed by atoms with Crippen molar-refractivity contribution in [1.29, 1.82) is 0 Å². The molecule has 0 amide bonds. The zero-order valence-corrected chi connectivity index (χ0v) is 22.7. The molecule has 10 heteroatoms. The van der Waals surface area contributed by atoms with Crippen LogP contribution in [0.4, 0.5) is 0 Å². The molecule has 1 aliphatic heterocycles. The minimum atomic E-state index is 0.265. The molecule has 0 spiro atoms. The van der Waals surface area contributed by atoms with Crippen LogP contribution >= 0.6 is 40.0 Å². The number of fused-ring (bicyclic) bond motifs is 1. The van der Waals surface area contributed by atoms with Gasteiger partial charge in [0.25, 0.3) is 0 Å². The monoisotopic (exact) mass is 586 g/mol. The zero-order chi connectivity index (χ0) is 23.0. The fourth-order valence-electron chi connectivity index (χ4n) is 4.69. The van der Waals surface area contributed by atoms with E-state index in [0.717, 1.165) is 77.4 Å². The maximum absolute atomic E-state index is 11.9. The predicted octanol–water partition coefficient (Wildman–Crippen LogP) is 4.33. The molecule has 172 valence electrons. The lowest BCUT2D eigenvalue weighted by Gasteiger charge is -2.44. The first-order valence-corrected chi connectivity index (χ1v) is 15.2. The van der Waals surface area contributed by atoms with Gasteiger partial charge in [0.15, 0.2) is 5.96 Å². The first-order valence-electron chi connectivity index (χ1n) is 10.7. The molecule has 0 bridgehead atoms. The lowest BCUT2D eigenvalue weighted by molar-refractivity contribution is -0.105. The number of carbonyl (C=O) groups is 1. The van der Waals surface area contributed by atoms with Crippen LogP contribution in [-0.2, 0) is 4.79 Å². The molecule has 2 aliphatic rings. The molecule has 4 rings (SSSR count). The number of aliphatic imine (C=N–C) groups is 1. The van der Waals surface area contributed by atoms with Crippen molar-refractivity contribution < 1.29 is 4.79 Å². The van der Waals surface area contributed by atoms with Gasteiger partial charge >= 0.3 is 0 Å². The van der Waals surface area contributed by atoms with Crippen LogP contribution in [0.1, 0.15) is 36.3 Å². The molecule has 0 radical (unpaired) electrons. The summed E-state index contributed by atoms with van der Waals surface area (Å²) >= 11 is 8.99. The van der Waals surface area contributed by atoms with Gasteiger partial charge in [-0.05, 0) is 85.4 Å². The summed E-state index contributed by atoms with van der Waals surface area (Å²) < 4.78 is 2.01. The molecule has 0 saturated carbocycles. The van der Waals surface area contributed by atoms with Crippen LogP contribution < -0.4 is 5.32 Å². The second-order valence-corrected chi connectivity index (χ2v) is 11.2. The molecule has 32 heavy (non-hydrogen) atoms. The molecular weight excluding hydrogens is 558 g/mol. The molecule has 2 unspecified atom stereocenters. The van der Waals surface area contributed by atoms with Crippen molar-refractivity contribution in [3.63, 3.8) is 0 Å². The molecule has 2 heterocycles. The van der Waals surface area contributed by atoms with Crippen LogP contribution in [-0.4, -0.2) is 71.9 Å². The van der Waals surface area contributed by atoms with Crippen LogP contribution in [0.15, 0.2) is 28.5 Å². The Bertz CT molecular complexity index is 1090. The third kappa shape index (κ3) is 4.43. The highest BCUT2D eigenvalue weighted by atomic mass is 127. The second kappa shape index (κ2) is 9.95. The zero-order valence-electron chi connectivity index (χ0n) is 18.8. The number of aromatic nitrogens is 2. The molecule has 1 fully saturated rings. The Hall–Kier alpha value is -1.22. The molecule has 1 aromatic carbocycles. The fourth-order valence-corrected chi connectivity index (χ4v) is 6.43. The Balaban J connectivity index is 1.62. The highest BCUT2D eigenvalue weighted by Crippen LogP contribution is 2.43. The van der Waals surface area contributed by atoms with E-state index in [1.165, 1.54) is 5.56 Å². The van der Waals surface area contributed by atoms with Crippen LogP contribution in [0.2, 0.25) is 5.02 Å². The molecule has 1 N–H and O–H groups in total. The van der Waals surface area contributed by atoms with Crippen molar-refractivity contribution >= 4 is 63.2 Å². The molecular formula is C22H29ClIN6OP. The number of rotatable bonds is 5. The Morgan fingerprint density at radius 2 is 2.19 bits per heavy atom. The quantitative estimate of drug-likeness (QED) is 0.186. The number of halogens is 2. The van der Waals surface area contributed by atoms with Gasteiger partial charge in [0.05, 0.1) is 18.1 Å². The fraction of sp³-hybridized carbons (Fsp3) is 0.500. The average molecular weight is 587 g/mol. The summed E-state index contributed by atoms with van der Waals surface area (Å²) in [6.07, 6.45) is 5.89. The molecule has 7 nitrogen and oxygen atoms in total. The van der Waals surface area contributed by atoms with E-state index < -0.39 is 0 Å². The number of nitrogens with one attached hydrogen (secondary N) is 1. The largest absolute Gasteiger partial charge is 0.339 e. The van der Waals surface area contributed by atoms with E-state index in [1.54, 1.807) is 7.05 Å². The minimum absolute atomic E-state index is 0.265. The Morgan fingerprint density at radius 1 is 1.44 bits per heavy atom. The van der Waals surface area contributed by atoms with Gasteiger partial charge in [-0.25, -0.2) is 4.45 Å². The molecule has 1 saturated heterocycles. The lowest BCUT2D eigenvalue weighted by Crippen LogP contribution is -2.61. The molecule has 1 aromatic heterocycles. The summed E-state index contributed by atoms with van der Waals surface area (Å²) in [5.41, 5.74) is 5.25. The number of allylic oxidation sites excluding steroid dienone is 2. The van der Waals surface area contributed by atoms with Crippen LogP contribution in [0.3, 0.4) is 0 Å². The van der Waals surface area contributed by atoms with Gasteiger partial charge in [-0.2, -0.15) is 5.10 Å². The predicted molar refractivity (Wildman–Crippen MR) is 142 cm³/mol. The maximum atomic E-state index is 11.9. The van der Waals surface area contributed by atoms with Gasteiger partial charge in [-0.1, -0.05) is 11.6 Å². The number of likely N-dealkylation sites (tertiary alicyclic amines) is 1. The lowest BCUT2D eigenvalue weighted by atomic mass is 9.80. The summed E-state index contributed by atoms with van der Waals surface area (Å²) in [5, 5.41) is 10.0. The Morgan fingerprint density at radius 3 is 2.81 bits per heavy atom. The number of guanidine groups is 1. The Kier molecular flexibility index (Phi) is 7.44. The van der Waals surface area contributed by atoms with Gasteiger partial charge in [0, 0.05) is 47.9 Å². The first-order chi connectivity index (χ1) is 15.4. The number of aldehydes is 1. The highest BCUT2D eigenvalue weighted by molar-refractivity contribution is 14.2. The number of hydrogen-bond donors (Lipinski definition) is 1. The highest BCUT2D eigenvalue weighted by Gasteiger charge is 2.32. The average Bonchev–Trinajstić information content (AvgIpc) is 3.14. The number of carbonyl (C=O) groups excluding carboxylic acids is 1. The van der Waals surface area contributed by atoms with Gasteiger partial charge in [0.2, 0.25) is 0 Å². The third-order valence-corrected chi connectivity index (χ3v) is 9.00. The van der Waals surface area contributed by atoms with E-state index in [-0.39, 0.29) is 5.92 Å². The van der Waals surface area contributed by atoms with Gasteiger partial charge < -0.3 is 15.1 Å². The van der Waals surface area contributed by atoms with Crippen LogP contribution in [0, 0.1) is 6.92 Å². The van der Waals surface area contributed by atoms with Crippen molar-refractivity contribution in [1.82, 2.24) is 24.7 Å². The summed E-state index contributed by atoms with van der Waals surface area (Å²) in [7, 11) is 6.01. The third-order valence-electron chi connectivity index (χ3n) is 6.72. The van der Waals surface area contributed by atoms with Crippen LogP contribution in [0.25, 0.3) is 10.9 Å². The standard InChI is InChI=1S/C22H29ClIN6OP/c1-13-18(23)8-20-17(9-26-30(20)32-24)21(13)14-5-6-15(12-31)19(7-14)27-22(25-2)29-10-16(11-29)28(3)4/h8-9,12,14,16,32H,5-7,10-11H2,1-4H3,(H,25,27). The van der Waals surface area contributed by atoms with E-state index in [2.05, 4.69) is 68.3 Å². The minimum Gasteiger partial charge on any atom is -0.339 e. The molecule has 1 aliphatic carbocycles. The summed E-state index contributed by atoms with van der Waals surface area (Å²) in [6, 6.07) is 2.56. The van der Waals surface area contributed by atoms with Crippen molar-refractivity contribution in [2.45, 2.75) is 38.1 Å². The number of benzene rings is 1. The summed E-state index contributed by atoms with van der Waals surface area (Å²) in [6.45, 7) is 3.96. The van der Waals surface area contributed by atoms with E-state index in [4.69, 9.17) is 11.6 Å².